The van der Waals surface area contributed by atoms with Gasteiger partial charge in [-0.15, -0.1) is 0 Å². The van der Waals surface area contributed by atoms with Gasteiger partial charge in [-0.2, -0.15) is 0 Å². The van der Waals surface area contributed by atoms with Crippen LogP contribution in [0.3, 0.4) is 0 Å². The molecule has 0 aliphatic heterocycles. The minimum absolute atomic E-state index is 0.0969. The number of esters is 1. The first-order chi connectivity index (χ1) is 8.72. The van der Waals surface area contributed by atoms with Crippen molar-refractivity contribution in [2.75, 3.05) is 18.5 Å². The predicted molar refractivity (Wildman–Crippen MR) is 75.0 cm³/mol. The van der Waals surface area contributed by atoms with Crippen molar-refractivity contribution >= 4 is 23.3 Å². The average Bonchev–Trinajstić information content (AvgIpc) is 2.34. The molecule has 1 aromatic rings. The Kier molecular flexibility index (Phi) is 7.26. The van der Waals surface area contributed by atoms with E-state index in [-0.39, 0.29) is 5.97 Å². The molecule has 0 bridgehead atoms. The third-order valence-corrected chi connectivity index (χ3v) is 2.75. The van der Waals surface area contributed by atoms with E-state index in [1.807, 2.05) is 31.2 Å². The van der Waals surface area contributed by atoms with Gasteiger partial charge in [0, 0.05) is 23.7 Å². The van der Waals surface area contributed by atoms with Crippen LogP contribution in [0.2, 0.25) is 5.02 Å². The number of hydrogen-bond donors (Lipinski definition) is 1. The first kappa shape index (κ1) is 14.8. The fourth-order valence-electron chi connectivity index (χ4n) is 1.64. The molecule has 0 aliphatic carbocycles. The zero-order chi connectivity index (χ0) is 13.2. The van der Waals surface area contributed by atoms with Gasteiger partial charge < -0.3 is 10.1 Å². The topological polar surface area (TPSA) is 38.3 Å². The van der Waals surface area contributed by atoms with Gasteiger partial charge in [-0.05, 0) is 38.0 Å². The van der Waals surface area contributed by atoms with Gasteiger partial charge in [0.25, 0.3) is 0 Å². The summed E-state index contributed by atoms with van der Waals surface area (Å²) in [5, 5.41) is 4.04. The Morgan fingerprint density at radius 2 is 2.17 bits per heavy atom. The fourth-order valence-corrected chi connectivity index (χ4v) is 1.83. The van der Waals surface area contributed by atoms with E-state index in [1.54, 1.807) is 0 Å². The minimum Gasteiger partial charge on any atom is -0.466 e. The third-order valence-electron chi connectivity index (χ3n) is 2.52. The molecule has 18 heavy (non-hydrogen) atoms. The standard InChI is InChI=1S/C14H20ClNO2/c1-2-18-14(17)9-4-3-5-10-16-13-8-6-7-12(15)11-13/h6-8,11,16H,2-5,9-10H2,1H3. The smallest absolute Gasteiger partial charge is 0.305 e. The number of carbonyl (C=O) groups is 1. The van der Waals surface area contributed by atoms with E-state index in [1.165, 1.54) is 0 Å². The van der Waals surface area contributed by atoms with E-state index in [4.69, 9.17) is 16.3 Å². The molecule has 1 rings (SSSR count). The maximum Gasteiger partial charge on any atom is 0.305 e. The van der Waals surface area contributed by atoms with Crippen LogP contribution in [0.4, 0.5) is 5.69 Å². The first-order valence-electron chi connectivity index (χ1n) is 6.37. The molecule has 0 saturated carbocycles. The van der Waals surface area contributed by atoms with Crippen LogP contribution in [0.25, 0.3) is 0 Å². The predicted octanol–water partition coefficient (Wildman–Crippen LogP) is 3.88. The second-order valence-electron chi connectivity index (χ2n) is 4.05. The average molecular weight is 270 g/mol. The maximum absolute atomic E-state index is 11.1. The van der Waals surface area contributed by atoms with E-state index in [9.17, 15) is 4.79 Å². The van der Waals surface area contributed by atoms with Crippen molar-refractivity contribution in [2.45, 2.75) is 32.6 Å². The highest BCUT2D eigenvalue weighted by atomic mass is 35.5. The molecule has 0 aliphatic rings. The van der Waals surface area contributed by atoms with Gasteiger partial charge in [0.2, 0.25) is 0 Å². The lowest BCUT2D eigenvalue weighted by atomic mass is 10.2. The number of ether oxygens (including phenoxy) is 1. The normalized spacial score (nSPS) is 10.1. The van der Waals surface area contributed by atoms with Gasteiger partial charge in [0.1, 0.15) is 0 Å². The molecule has 0 amide bonds. The summed E-state index contributed by atoms with van der Waals surface area (Å²) in [6, 6.07) is 7.67. The van der Waals surface area contributed by atoms with Crippen molar-refractivity contribution in [3.63, 3.8) is 0 Å². The molecule has 100 valence electrons. The van der Waals surface area contributed by atoms with Crippen molar-refractivity contribution < 1.29 is 9.53 Å². The van der Waals surface area contributed by atoms with Crippen LogP contribution in [0, 0.1) is 0 Å². The molecular formula is C14H20ClNO2. The van der Waals surface area contributed by atoms with Crippen molar-refractivity contribution in [2.24, 2.45) is 0 Å². The molecule has 0 unspecified atom stereocenters. The van der Waals surface area contributed by atoms with Gasteiger partial charge in [0.15, 0.2) is 0 Å². The fraction of sp³-hybridized carbons (Fsp3) is 0.500. The highest BCUT2D eigenvalue weighted by Crippen LogP contribution is 2.14. The van der Waals surface area contributed by atoms with Crippen LogP contribution in [-0.2, 0) is 9.53 Å². The third kappa shape index (κ3) is 6.50. The van der Waals surface area contributed by atoms with E-state index in [0.29, 0.717) is 13.0 Å². The number of carbonyl (C=O) groups excluding carboxylic acids is 1. The summed E-state index contributed by atoms with van der Waals surface area (Å²) in [4.78, 5) is 11.1. The Balaban J connectivity index is 2.04. The molecular weight excluding hydrogens is 250 g/mol. The quantitative estimate of drug-likeness (QED) is 0.575. The lowest BCUT2D eigenvalue weighted by Gasteiger charge is -2.06. The minimum atomic E-state index is -0.0969. The first-order valence-corrected chi connectivity index (χ1v) is 6.75. The van der Waals surface area contributed by atoms with Crippen molar-refractivity contribution in [1.82, 2.24) is 0 Å². The lowest BCUT2D eigenvalue weighted by molar-refractivity contribution is -0.143. The van der Waals surface area contributed by atoms with E-state index >= 15 is 0 Å². The summed E-state index contributed by atoms with van der Waals surface area (Å²) < 4.78 is 4.86. The summed E-state index contributed by atoms with van der Waals surface area (Å²) in [6.45, 7) is 3.19. The van der Waals surface area contributed by atoms with Gasteiger partial charge >= 0.3 is 5.97 Å². The van der Waals surface area contributed by atoms with E-state index in [2.05, 4.69) is 5.32 Å². The zero-order valence-electron chi connectivity index (χ0n) is 10.7. The highest BCUT2D eigenvalue weighted by Gasteiger charge is 2.00. The molecule has 1 N–H and O–H groups in total. The van der Waals surface area contributed by atoms with Crippen LogP contribution in [0.5, 0.6) is 0 Å². The monoisotopic (exact) mass is 269 g/mol. The number of halogens is 1. The zero-order valence-corrected chi connectivity index (χ0v) is 11.5. The van der Waals surface area contributed by atoms with Crippen LogP contribution in [0.15, 0.2) is 24.3 Å². The van der Waals surface area contributed by atoms with Crippen LogP contribution in [-0.4, -0.2) is 19.1 Å². The Bertz CT molecular complexity index is 369. The largest absolute Gasteiger partial charge is 0.466 e. The van der Waals surface area contributed by atoms with E-state index < -0.39 is 0 Å². The molecule has 0 heterocycles. The van der Waals surface area contributed by atoms with Crippen LogP contribution >= 0.6 is 11.6 Å². The number of benzene rings is 1. The molecule has 0 radical (unpaired) electrons. The van der Waals surface area contributed by atoms with Gasteiger partial charge in [-0.1, -0.05) is 24.1 Å². The number of anilines is 1. The summed E-state index contributed by atoms with van der Waals surface area (Å²) in [6.07, 6.45) is 3.46. The highest BCUT2D eigenvalue weighted by molar-refractivity contribution is 6.30. The van der Waals surface area contributed by atoms with Gasteiger partial charge in [-0.3, -0.25) is 4.79 Å². The summed E-state index contributed by atoms with van der Waals surface area (Å²) >= 11 is 5.88. The number of rotatable bonds is 8. The maximum atomic E-state index is 11.1. The second-order valence-corrected chi connectivity index (χ2v) is 4.49. The molecule has 0 fully saturated rings. The summed E-state index contributed by atoms with van der Waals surface area (Å²) in [7, 11) is 0. The molecule has 0 spiro atoms. The Morgan fingerprint density at radius 1 is 1.33 bits per heavy atom. The number of hydrogen-bond acceptors (Lipinski definition) is 3. The molecule has 4 heteroatoms. The molecule has 0 aromatic heterocycles. The molecule has 3 nitrogen and oxygen atoms in total. The van der Waals surface area contributed by atoms with Gasteiger partial charge in [-0.25, -0.2) is 0 Å². The molecule has 0 saturated heterocycles. The van der Waals surface area contributed by atoms with Crippen molar-refractivity contribution in [3.8, 4) is 0 Å². The Morgan fingerprint density at radius 3 is 2.89 bits per heavy atom. The number of unbranched alkanes of at least 4 members (excludes halogenated alkanes) is 2. The Labute approximate surface area is 113 Å². The summed E-state index contributed by atoms with van der Waals surface area (Å²) in [5.74, 6) is -0.0969. The van der Waals surface area contributed by atoms with Crippen LogP contribution in [0.1, 0.15) is 32.6 Å². The Hall–Kier alpha value is -1.22. The second kappa shape index (κ2) is 8.81. The SMILES string of the molecule is CCOC(=O)CCCCCNc1cccc(Cl)c1. The lowest BCUT2D eigenvalue weighted by Crippen LogP contribution is -2.04. The van der Waals surface area contributed by atoms with Crippen molar-refractivity contribution in [1.29, 1.82) is 0 Å². The van der Waals surface area contributed by atoms with Gasteiger partial charge in [0.05, 0.1) is 6.61 Å². The van der Waals surface area contributed by atoms with Crippen molar-refractivity contribution in [3.05, 3.63) is 29.3 Å². The number of nitrogens with one attached hydrogen (secondary N) is 1. The molecule has 0 atom stereocenters. The summed E-state index contributed by atoms with van der Waals surface area (Å²) in [5.41, 5.74) is 1.04. The van der Waals surface area contributed by atoms with Crippen LogP contribution < -0.4 is 5.32 Å². The van der Waals surface area contributed by atoms with E-state index in [0.717, 1.165) is 36.5 Å². The molecule has 1 aromatic carbocycles.